The second-order valence-corrected chi connectivity index (χ2v) is 7.58. The third-order valence-corrected chi connectivity index (χ3v) is 5.18. The van der Waals surface area contributed by atoms with Crippen molar-refractivity contribution >= 4 is 46.7 Å². The van der Waals surface area contributed by atoms with Gasteiger partial charge in [0.15, 0.2) is 6.61 Å². The molecule has 0 fully saturated rings. The van der Waals surface area contributed by atoms with Crippen LogP contribution in [0.25, 0.3) is 0 Å². The molecular formula is C24H22Cl2N2O2. The van der Waals surface area contributed by atoms with Gasteiger partial charge in [-0.2, -0.15) is 0 Å². The monoisotopic (exact) mass is 440 g/mol. The molecule has 6 heteroatoms. The minimum absolute atomic E-state index is 0.164. The molecule has 0 heterocycles. The highest BCUT2D eigenvalue weighted by Crippen LogP contribution is 2.25. The Balaban J connectivity index is 1.57. The van der Waals surface area contributed by atoms with Gasteiger partial charge in [0, 0.05) is 16.9 Å². The number of ether oxygens (including phenoxy) is 1. The van der Waals surface area contributed by atoms with Gasteiger partial charge in [0.25, 0.3) is 5.91 Å². The summed E-state index contributed by atoms with van der Waals surface area (Å²) in [4.78, 5) is 16.6. The van der Waals surface area contributed by atoms with E-state index in [1.54, 1.807) is 30.5 Å². The molecule has 1 N–H and O–H groups in total. The largest absolute Gasteiger partial charge is 0.482 e. The number of carbonyl (C=O) groups is 1. The number of hydrogen-bond acceptors (Lipinski definition) is 3. The van der Waals surface area contributed by atoms with Crippen molar-refractivity contribution in [2.75, 3.05) is 11.9 Å². The van der Waals surface area contributed by atoms with E-state index in [-0.39, 0.29) is 12.5 Å². The summed E-state index contributed by atoms with van der Waals surface area (Å²) in [7, 11) is 0. The summed E-state index contributed by atoms with van der Waals surface area (Å²) < 4.78 is 5.55. The number of aryl methyl sites for hydroxylation is 2. The van der Waals surface area contributed by atoms with Crippen molar-refractivity contribution in [1.82, 2.24) is 0 Å². The fourth-order valence-electron chi connectivity index (χ4n) is 2.69. The van der Waals surface area contributed by atoms with Crippen molar-refractivity contribution in [2.45, 2.75) is 20.3 Å². The van der Waals surface area contributed by atoms with Crippen LogP contribution in [-0.4, -0.2) is 18.7 Å². The van der Waals surface area contributed by atoms with E-state index >= 15 is 0 Å². The van der Waals surface area contributed by atoms with Crippen molar-refractivity contribution < 1.29 is 9.53 Å². The first-order valence-electron chi connectivity index (χ1n) is 9.56. The number of anilines is 1. The summed E-state index contributed by atoms with van der Waals surface area (Å²) >= 11 is 12.4. The first-order chi connectivity index (χ1) is 14.4. The topological polar surface area (TPSA) is 50.7 Å². The number of rotatable bonds is 7. The number of benzene rings is 3. The fourth-order valence-corrected chi connectivity index (χ4v) is 3.12. The SMILES string of the molecule is CCc1ccc(N=Cc2ccc(OCC(=O)Nc3ccc(C)c(Cl)c3)c(Cl)c2)cc1. The average Bonchev–Trinajstić information content (AvgIpc) is 2.74. The molecule has 0 saturated heterocycles. The molecule has 0 aliphatic carbocycles. The van der Waals surface area contributed by atoms with Gasteiger partial charge in [-0.1, -0.05) is 48.3 Å². The van der Waals surface area contributed by atoms with E-state index in [0.717, 1.165) is 23.2 Å². The number of halogens is 2. The molecule has 0 radical (unpaired) electrons. The van der Waals surface area contributed by atoms with Gasteiger partial charge < -0.3 is 10.1 Å². The Kier molecular flexibility index (Phi) is 7.50. The van der Waals surface area contributed by atoms with E-state index in [4.69, 9.17) is 27.9 Å². The number of hydrogen-bond donors (Lipinski definition) is 1. The summed E-state index contributed by atoms with van der Waals surface area (Å²) in [6.45, 7) is 3.85. The molecule has 154 valence electrons. The highest BCUT2D eigenvalue weighted by Gasteiger charge is 2.08. The summed E-state index contributed by atoms with van der Waals surface area (Å²) in [6, 6.07) is 18.7. The Morgan fingerprint density at radius 1 is 1.03 bits per heavy atom. The van der Waals surface area contributed by atoms with Crippen LogP contribution in [0.4, 0.5) is 11.4 Å². The lowest BCUT2D eigenvalue weighted by molar-refractivity contribution is -0.118. The predicted molar refractivity (Wildman–Crippen MR) is 125 cm³/mol. The smallest absolute Gasteiger partial charge is 0.262 e. The van der Waals surface area contributed by atoms with Crippen LogP contribution in [0.5, 0.6) is 5.75 Å². The molecule has 0 unspecified atom stereocenters. The second-order valence-electron chi connectivity index (χ2n) is 6.77. The molecule has 0 atom stereocenters. The van der Waals surface area contributed by atoms with Crippen LogP contribution in [-0.2, 0) is 11.2 Å². The molecular weight excluding hydrogens is 419 g/mol. The van der Waals surface area contributed by atoms with Gasteiger partial charge >= 0.3 is 0 Å². The van der Waals surface area contributed by atoms with Gasteiger partial charge in [0.05, 0.1) is 10.7 Å². The average molecular weight is 441 g/mol. The third kappa shape index (κ3) is 6.09. The molecule has 0 bridgehead atoms. The Bertz CT molecular complexity index is 1060. The third-order valence-electron chi connectivity index (χ3n) is 4.48. The zero-order valence-corrected chi connectivity index (χ0v) is 18.3. The maximum Gasteiger partial charge on any atom is 0.262 e. The second kappa shape index (κ2) is 10.3. The van der Waals surface area contributed by atoms with Crippen molar-refractivity contribution in [1.29, 1.82) is 0 Å². The van der Waals surface area contributed by atoms with Crippen LogP contribution < -0.4 is 10.1 Å². The molecule has 0 saturated carbocycles. The van der Waals surface area contributed by atoms with Crippen molar-refractivity contribution in [2.24, 2.45) is 4.99 Å². The van der Waals surface area contributed by atoms with E-state index < -0.39 is 0 Å². The van der Waals surface area contributed by atoms with E-state index in [2.05, 4.69) is 29.4 Å². The normalized spacial score (nSPS) is 10.9. The van der Waals surface area contributed by atoms with Crippen molar-refractivity contribution in [3.8, 4) is 5.75 Å². The summed E-state index contributed by atoms with van der Waals surface area (Å²) in [5, 5.41) is 3.75. The zero-order valence-electron chi connectivity index (χ0n) is 16.8. The molecule has 3 aromatic carbocycles. The number of nitrogens with zero attached hydrogens (tertiary/aromatic N) is 1. The van der Waals surface area contributed by atoms with Crippen molar-refractivity contribution in [3.05, 3.63) is 87.4 Å². The fraction of sp³-hybridized carbons (Fsp3) is 0.167. The predicted octanol–water partition coefficient (Wildman–Crippen LogP) is 6.63. The lowest BCUT2D eigenvalue weighted by atomic mass is 10.1. The van der Waals surface area contributed by atoms with E-state index in [9.17, 15) is 4.79 Å². The molecule has 3 aromatic rings. The lowest BCUT2D eigenvalue weighted by Gasteiger charge is -2.10. The van der Waals surface area contributed by atoms with Crippen molar-refractivity contribution in [3.63, 3.8) is 0 Å². The molecule has 3 rings (SSSR count). The van der Waals surface area contributed by atoms with Crippen LogP contribution in [0.3, 0.4) is 0 Å². The van der Waals surface area contributed by atoms with Crippen LogP contribution in [0, 0.1) is 6.92 Å². The van der Waals surface area contributed by atoms with E-state index in [1.807, 2.05) is 31.2 Å². The number of nitrogens with one attached hydrogen (secondary N) is 1. The van der Waals surface area contributed by atoms with Gasteiger partial charge in [-0.15, -0.1) is 0 Å². The van der Waals surface area contributed by atoms with E-state index in [0.29, 0.717) is 21.5 Å². The Morgan fingerprint density at radius 2 is 1.80 bits per heavy atom. The molecule has 0 aromatic heterocycles. The maximum atomic E-state index is 12.1. The number of aliphatic imine (C=N–C) groups is 1. The summed E-state index contributed by atoms with van der Waals surface area (Å²) in [6.07, 6.45) is 2.74. The van der Waals surface area contributed by atoms with Gasteiger partial charge in [-0.05, 0) is 72.5 Å². The highest BCUT2D eigenvalue weighted by molar-refractivity contribution is 6.32. The Morgan fingerprint density at radius 3 is 2.47 bits per heavy atom. The first-order valence-corrected chi connectivity index (χ1v) is 10.3. The van der Waals surface area contributed by atoms with Crippen LogP contribution >= 0.6 is 23.2 Å². The van der Waals surface area contributed by atoms with E-state index in [1.165, 1.54) is 5.56 Å². The quantitative estimate of drug-likeness (QED) is 0.418. The Labute approximate surface area is 186 Å². The zero-order chi connectivity index (χ0) is 21.5. The molecule has 0 spiro atoms. The Hall–Kier alpha value is -2.82. The van der Waals surface area contributed by atoms with Crippen LogP contribution in [0.15, 0.2) is 65.7 Å². The molecule has 1 amide bonds. The van der Waals surface area contributed by atoms with Crippen LogP contribution in [0.1, 0.15) is 23.6 Å². The van der Waals surface area contributed by atoms with Gasteiger partial charge in [-0.25, -0.2) is 0 Å². The molecule has 30 heavy (non-hydrogen) atoms. The van der Waals surface area contributed by atoms with Crippen LogP contribution in [0.2, 0.25) is 10.0 Å². The lowest BCUT2D eigenvalue weighted by Crippen LogP contribution is -2.20. The minimum atomic E-state index is -0.299. The van der Waals surface area contributed by atoms with Gasteiger partial charge in [0.2, 0.25) is 0 Å². The summed E-state index contributed by atoms with van der Waals surface area (Å²) in [5.41, 5.74) is 4.54. The maximum absolute atomic E-state index is 12.1. The first kappa shape index (κ1) is 21.9. The summed E-state index contributed by atoms with van der Waals surface area (Å²) in [5.74, 6) is 0.130. The van der Waals surface area contributed by atoms with Gasteiger partial charge in [0.1, 0.15) is 5.75 Å². The number of amides is 1. The molecule has 0 aliphatic rings. The molecule has 4 nitrogen and oxygen atoms in total. The number of carbonyl (C=O) groups excluding carboxylic acids is 1. The van der Waals surface area contributed by atoms with Gasteiger partial charge in [-0.3, -0.25) is 9.79 Å². The highest BCUT2D eigenvalue weighted by atomic mass is 35.5. The standard InChI is InChI=1S/C24H22Cl2N2O2/c1-3-17-5-9-19(10-6-17)27-14-18-7-11-23(22(26)12-18)30-15-24(29)28-20-8-4-16(2)21(25)13-20/h4-14H,3,15H2,1-2H3,(H,28,29). The molecule has 0 aliphatic heterocycles. The minimum Gasteiger partial charge on any atom is -0.482 e.